The van der Waals surface area contributed by atoms with Crippen molar-refractivity contribution in [3.05, 3.63) is 29.8 Å². The van der Waals surface area contributed by atoms with Crippen molar-refractivity contribution in [1.82, 2.24) is 14.9 Å². The van der Waals surface area contributed by atoms with Gasteiger partial charge in [0.15, 0.2) is 0 Å². The van der Waals surface area contributed by atoms with Crippen LogP contribution in [-0.4, -0.2) is 32.2 Å². The molecule has 1 aliphatic rings. The Hall–Kier alpha value is -2.55. The molecule has 4 N–H and O–H groups in total. The topological polar surface area (TPSA) is 110 Å². The molecule has 1 aromatic carbocycles. The molecule has 1 aliphatic carbocycles. The van der Waals surface area contributed by atoms with Crippen LogP contribution >= 0.6 is 11.8 Å². The Bertz CT molecular complexity index is 794. The molecule has 0 unspecified atom stereocenters. The third-order valence-corrected chi connectivity index (χ3v) is 5.10. The summed E-state index contributed by atoms with van der Waals surface area (Å²) in [5, 5.41) is 15.7. The van der Waals surface area contributed by atoms with E-state index in [9.17, 15) is 4.79 Å². The van der Waals surface area contributed by atoms with E-state index in [-0.39, 0.29) is 11.7 Å². The normalized spacial score (nSPS) is 14.1. The number of hydrazone groups is 1. The Morgan fingerprint density at radius 1 is 1.27 bits per heavy atom. The smallest absolute Gasteiger partial charge is 0.264 e. The SMILES string of the molecule is Cc1ccccc1NC(=O)CSc1nnc(NN=C2CCCCC2)n1N. The van der Waals surface area contributed by atoms with E-state index in [1.807, 2.05) is 31.2 Å². The van der Waals surface area contributed by atoms with Gasteiger partial charge in [0.25, 0.3) is 5.95 Å². The van der Waals surface area contributed by atoms with Crippen molar-refractivity contribution in [2.24, 2.45) is 5.10 Å². The number of hydrogen-bond acceptors (Lipinski definition) is 7. The molecular formula is C17H23N7OS. The predicted molar refractivity (Wildman–Crippen MR) is 105 cm³/mol. The zero-order chi connectivity index (χ0) is 18.4. The van der Waals surface area contributed by atoms with Crippen LogP contribution in [0.5, 0.6) is 0 Å². The molecule has 0 radical (unpaired) electrons. The van der Waals surface area contributed by atoms with E-state index in [2.05, 4.69) is 26.0 Å². The minimum Gasteiger partial charge on any atom is -0.334 e. The number of anilines is 2. The Morgan fingerprint density at radius 2 is 2.04 bits per heavy atom. The summed E-state index contributed by atoms with van der Waals surface area (Å²) >= 11 is 1.23. The number of aromatic nitrogens is 3. The molecule has 138 valence electrons. The molecular weight excluding hydrogens is 350 g/mol. The quantitative estimate of drug-likeness (QED) is 0.408. The fraction of sp³-hybridized carbons (Fsp3) is 0.412. The molecule has 1 aromatic heterocycles. The first-order chi connectivity index (χ1) is 12.6. The number of para-hydroxylation sites is 1. The van der Waals surface area contributed by atoms with E-state index in [0.29, 0.717) is 11.1 Å². The Morgan fingerprint density at radius 3 is 2.81 bits per heavy atom. The number of amides is 1. The maximum Gasteiger partial charge on any atom is 0.264 e. The van der Waals surface area contributed by atoms with E-state index in [0.717, 1.165) is 29.8 Å². The van der Waals surface area contributed by atoms with Crippen LogP contribution in [0.1, 0.15) is 37.7 Å². The first kappa shape index (κ1) is 18.2. The molecule has 0 saturated heterocycles. The Labute approximate surface area is 156 Å². The van der Waals surface area contributed by atoms with Gasteiger partial charge in [-0.15, -0.1) is 10.2 Å². The zero-order valence-electron chi connectivity index (χ0n) is 14.7. The molecule has 0 atom stereocenters. The van der Waals surface area contributed by atoms with E-state index in [1.54, 1.807) is 0 Å². The summed E-state index contributed by atoms with van der Waals surface area (Å²) in [6.07, 6.45) is 5.62. The van der Waals surface area contributed by atoms with Gasteiger partial charge in [0.2, 0.25) is 11.1 Å². The second kappa shape index (κ2) is 8.70. The first-order valence-corrected chi connectivity index (χ1v) is 9.62. The number of thioether (sulfide) groups is 1. The van der Waals surface area contributed by atoms with Gasteiger partial charge in [-0.3, -0.25) is 4.79 Å². The number of nitrogen functional groups attached to an aromatic ring is 1. The minimum atomic E-state index is -0.121. The van der Waals surface area contributed by atoms with Crippen molar-refractivity contribution in [2.45, 2.75) is 44.2 Å². The number of aryl methyl sites for hydroxylation is 1. The number of benzene rings is 1. The van der Waals surface area contributed by atoms with Crippen LogP contribution in [0.25, 0.3) is 0 Å². The second-order valence-corrected chi connectivity index (χ2v) is 7.12. The molecule has 8 nitrogen and oxygen atoms in total. The van der Waals surface area contributed by atoms with E-state index in [4.69, 9.17) is 5.84 Å². The highest BCUT2D eigenvalue weighted by atomic mass is 32.2. The lowest BCUT2D eigenvalue weighted by Crippen LogP contribution is -2.17. The fourth-order valence-electron chi connectivity index (χ4n) is 2.68. The van der Waals surface area contributed by atoms with Crippen molar-refractivity contribution in [3.63, 3.8) is 0 Å². The number of carbonyl (C=O) groups excluding carboxylic acids is 1. The summed E-state index contributed by atoms with van der Waals surface area (Å²) in [5.41, 5.74) is 5.83. The molecule has 0 aliphatic heterocycles. The average Bonchev–Trinajstić information content (AvgIpc) is 3.01. The van der Waals surface area contributed by atoms with Crippen molar-refractivity contribution in [2.75, 3.05) is 22.3 Å². The molecule has 1 fully saturated rings. The van der Waals surface area contributed by atoms with Crippen molar-refractivity contribution in [3.8, 4) is 0 Å². The highest BCUT2D eigenvalue weighted by Gasteiger charge is 2.13. The molecule has 0 bridgehead atoms. The van der Waals surface area contributed by atoms with Crippen LogP contribution in [0.2, 0.25) is 0 Å². The van der Waals surface area contributed by atoms with Crippen LogP contribution < -0.4 is 16.6 Å². The van der Waals surface area contributed by atoms with Gasteiger partial charge in [-0.05, 0) is 44.2 Å². The summed E-state index contributed by atoms with van der Waals surface area (Å²) < 4.78 is 1.32. The lowest BCUT2D eigenvalue weighted by atomic mass is 9.99. The van der Waals surface area contributed by atoms with Gasteiger partial charge in [0.05, 0.1) is 5.75 Å². The first-order valence-electron chi connectivity index (χ1n) is 8.63. The number of carbonyl (C=O) groups is 1. The van der Waals surface area contributed by atoms with Gasteiger partial charge in [0.1, 0.15) is 0 Å². The Balaban J connectivity index is 1.53. The maximum absolute atomic E-state index is 12.1. The van der Waals surface area contributed by atoms with Crippen molar-refractivity contribution < 1.29 is 4.79 Å². The van der Waals surface area contributed by atoms with Crippen LogP contribution in [-0.2, 0) is 4.79 Å². The molecule has 26 heavy (non-hydrogen) atoms. The molecule has 1 heterocycles. The lowest BCUT2D eigenvalue weighted by Gasteiger charge is -2.12. The lowest BCUT2D eigenvalue weighted by molar-refractivity contribution is -0.113. The number of rotatable bonds is 6. The van der Waals surface area contributed by atoms with Gasteiger partial charge >= 0.3 is 0 Å². The molecule has 9 heteroatoms. The molecule has 1 saturated carbocycles. The summed E-state index contributed by atoms with van der Waals surface area (Å²) in [6, 6.07) is 7.64. The van der Waals surface area contributed by atoms with Gasteiger partial charge in [-0.1, -0.05) is 36.4 Å². The van der Waals surface area contributed by atoms with Crippen LogP contribution in [0, 0.1) is 6.92 Å². The number of nitrogens with two attached hydrogens (primary N) is 1. The Kier molecular flexibility index (Phi) is 6.11. The zero-order valence-corrected chi connectivity index (χ0v) is 15.6. The van der Waals surface area contributed by atoms with Crippen molar-refractivity contribution >= 4 is 35.0 Å². The van der Waals surface area contributed by atoms with Gasteiger partial charge in [0, 0.05) is 11.4 Å². The summed E-state index contributed by atoms with van der Waals surface area (Å²) in [4.78, 5) is 12.1. The predicted octanol–water partition coefficient (Wildman–Crippen LogP) is 2.76. The molecule has 1 amide bonds. The summed E-state index contributed by atoms with van der Waals surface area (Å²) in [7, 11) is 0. The monoisotopic (exact) mass is 373 g/mol. The third kappa shape index (κ3) is 4.75. The largest absolute Gasteiger partial charge is 0.334 e. The van der Waals surface area contributed by atoms with Gasteiger partial charge < -0.3 is 11.2 Å². The van der Waals surface area contributed by atoms with E-state index in [1.165, 1.54) is 35.7 Å². The number of hydrogen-bond donors (Lipinski definition) is 3. The summed E-state index contributed by atoms with van der Waals surface area (Å²) in [6.45, 7) is 1.95. The third-order valence-electron chi connectivity index (χ3n) is 4.16. The van der Waals surface area contributed by atoms with Crippen LogP contribution in [0.4, 0.5) is 11.6 Å². The minimum absolute atomic E-state index is 0.121. The second-order valence-electron chi connectivity index (χ2n) is 6.18. The highest BCUT2D eigenvalue weighted by Crippen LogP contribution is 2.19. The van der Waals surface area contributed by atoms with Crippen LogP contribution in [0.3, 0.4) is 0 Å². The number of nitrogens with one attached hydrogen (secondary N) is 2. The maximum atomic E-state index is 12.1. The van der Waals surface area contributed by atoms with E-state index < -0.39 is 0 Å². The van der Waals surface area contributed by atoms with Gasteiger partial charge in [-0.25, -0.2) is 10.1 Å². The average molecular weight is 373 g/mol. The van der Waals surface area contributed by atoms with Crippen LogP contribution in [0.15, 0.2) is 34.5 Å². The fourth-order valence-corrected chi connectivity index (χ4v) is 3.34. The van der Waals surface area contributed by atoms with Gasteiger partial charge in [-0.2, -0.15) is 5.10 Å². The molecule has 0 spiro atoms. The highest BCUT2D eigenvalue weighted by molar-refractivity contribution is 7.99. The standard InChI is InChI=1S/C17H23N7OS/c1-12-7-5-6-10-14(12)19-15(25)11-26-17-23-22-16(24(17)18)21-20-13-8-3-2-4-9-13/h5-7,10H,2-4,8-9,11,18H2,1H3,(H,19,25)(H,21,22). The summed E-state index contributed by atoms with van der Waals surface area (Å²) in [5.74, 6) is 6.43. The molecule has 3 rings (SSSR count). The molecule has 2 aromatic rings. The van der Waals surface area contributed by atoms with E-state index >= 15 is 0 Å². The van der Waals surface area contributed by atoms with Crippen molar-refractivity contribution in [1.29, 1.82) is 0 Å². The number of nitrogens with zero attached hydrogens (tertiary/aromatic N) is 4.